The van der Waals surface area contributed by atoms with Gasteiger partial charge < -0.3 is 15.3 Å². The van der Waals surface area contributed by atoms with Crippen molar-refractivity contribution in [2.24, 2.45) is 0 Å². The molecule has 2 aliphatic rings. The summed E-state index contributed by atoms with van der Waals surface area (Å²) in [5.74, 6) is 1.54. The Kier molecular flexibility index (Phi) is 6.74. The second-order valence-electron chi connectivity index (χ2n) is 7.81. The Bertz CT molecular complexity index is 1010. The van der Waals surface area contributed by atoms with Gasteiger partial charge in [-0.25, -0.2) is 15.0 Å². The summed E-state index contributed by atoms with van der Waals surface area (Å²) >= 11 is 1.40. The molecule has 0 radical (unpaired) electrons. The largest absolute Gasteiger partial charge is 0.395 e. The van der Waals surface area contributed by atoms with Gasteiger partial charge in [-0.15, -0.1) is 11.3 Å². The van der Waals surface area contributed by atoms with Gasteiger partial charge in [0.15, 0.2) is 0 Å². The smallest absolute Gasteiger partial charge is 0.267 e. The van der Waals surface area contributed by atoms with E-state index in [1.165, 1.54) is 11.3 Å². The van der Waals surface area contributed by atoms with Crippen molar-refractivity contribution in [1.29, 1.82) is 0 Å². The van der Waals surface area contributed by atoms with E-state index < -0.39 is 0 Å². The Labute approximate surface area is 186 Å². The number of carbonyl (C=O) groups excluding carboxylic acids is 1. The monoisotopic (exact) mass is 440 g/mol. The molecule has 2 aromatic rings. The van der Waals surface area contributed by atoms with Crippen LogP contribution in [0.25, 0.3) is 0 Å². The highest BCUT2D eigenvalue weighted by Crippen LogP contribution is 2.21. The first-order chi connectivity index (χ1) is 15.0. The lowest BCUT2D eigenvalue weighted by atomic mass is 10.2. The highest BCUT2D eigenvalue weighted by atomic mass is 32.1. The van der Waals surface area contributed by atoms with Crippen molar-refractivity contribution in [3.63, 3.8) is 0 Å². The zero-order valence-corrected chi connectivity index (χ0v) is 18.8. The molecule has 0 spiro atoms. The van der Waals surface area contributed by atoms with Gasteiger partial charge in [0.1, 0.15) is 16.5 Å². The first-order valence-electron chi connectivity index (χ1n) is 10.6. The molecule has 2 N–H and O–H groups in total. The molecule has 3 heterocycles. The van der Waals surface area contributed by atoms with Crippen molar-refractivity contribution in [2.75, 3.05) is 44.2 Å². The van der Waals surface area contributed by atoms with Gasteiger partial charge in [-0.1, -0.05) is 12.2 Å². The van der Waals surface area contributed by atoms with Crippen LogP contribution >= 0.6 is 11.3 Å². The van der Waals surface area contributed by atoms with E-state index in [1.54, 1.807) is 6.20 Å². The third kappa shape index (κ3) is 5.36. The van der Waals surface area contributed by atoms with Gasteiger partial charge in [0.25, 0.3) is 5.91 Å². The molecule has 1 amide bonds. The summed E-state index contributed by atoms with van der Waals surface area (Å²) in [6.45, 7) is 8.39. The van der Waals surface area contributed by atoms with E-state index in [4.69, 9.17) is 5.11 Å². The molecular formula is C22H28N6O2S. The van der Waals surface area contributed by atoms with E-state index in [2.05, 4.69) is 36.1 Å². The van der Waals surface area contributed by atoms with Crippen LogP contribution in [-0.2, 0) is 6.42 Å². The maximum atomic E-state index is 12.5. The summed E-state index contributed by atoms with van der Waals surface area (Å²) in [5.41, 5.74) is 2.88. The number of thiazole rings is 1. The van der Waals surface area contributed by atoms with Gasteiger partial charge in [-0.05, 0) is 25.8 Å². The number of aryl methyl sites for hydroxylation is 1. The number of allylic oxidation sites excluding steroid dienone is 3. The van der Waals surface area contributed by atoms with E-state index in [0.29, 0.717) is 11.3 Å². The number of aromatic nitrogens is 3. The van der Waals surface area contributed by atoms with Crippen molar-refractivity contribution in [2.45, 2.75) is 26.7 Å². The number of amides is 1. The zero-order valence-electron chi connectivity index (χ0n) is 18.0. The summed E-state index contributed by atoms with van der Waals surface area (Å²) in [7, 11) is 0. The predicted molar refractivity (Wildman–Crippen MR) is 121 cm³/mol. The van der Waals surface area contributed by atoms with E-state index in [0.717, 1.165) is 72.8 Å². The molecule has 164 valence electrons. The van der Waals surface area contributed by atoms with Crippen LogP contribution in [0, 0.1) is 6.92 Å². The van der Waals surface area contributed by atoms with Gasteiger partial charge in [-0.3, -0.25) is 9.69 Å². The van der Waals surface area contributed by atoms with Crippen molar-refractivity contribution >= 4 is 23.1 Å². The standard InChI is InChI=1S/C22H28N6O2S/c1-15-4-3-5-18(15)26-22(30)19-14-23-21(31-19)13-17-12-20(25-16(2)24-17)28-8-6-27(7-9-28)10-11-29/h4-5,12,14,29H,3,6-11,13H2,1-2H3,(H,26,30). The average Bonchev–Trinajstić information content (AvgIpc) is 3.37. The fraction of sp³-hybridized carbons (Fsp3) is 0.455. The molecule has 0 atom stereocenters. The van der Waals surface area contributed by atoms with Gasteiger partial charge in [0.05, 0.1) is 23.5 Å². The highest BCUT2D eigenvalue weighted by molar-refractivity contribution is 7.13. The maximum Gasteiger partial charge on any atom is 0.267 e. The molecule has 8 nitrogen and oxygen atoms in total. The van der Waals surface area contributed by atoms with Gasteiger partial charge in [0.2, 0.25) is 0 Å². The van der Waals surface area contributed by atoms with Crippen LogP contribution in [0.2, 0.25) is 0 Å². The SMILES string of the molecule is CC1=CCC=C1NC(=O)c1cnc(Cc2cc(N3CCN(CCO)CC3)nc(C)n2)s1. The van der Waals surface area contributed by atoms with Crippen molar-refractivity contribution < 1.29 is 9.90 Å². The van der Waals surface area contributed by atoms with Crippen LogP contribution in [0.1, 0.15) is 39.5 Å². The lowest BCUT2D eigenvalue weighted by Gasteiger charge is -2.35. The number of carbonyl (C=O) groups is 1. The molecule has 0 unspecified atom stereocenters. The van der Waals surface area contributed by atoms with Crippen LogP contribution in [0.3, 0.4) is 0 Å². The van der Waals surface area contributed by atoms with Crippen molar-refractivity contribution in [1.82, 2.24) is 25.2 Å². The van der Waals surface area contributed by atoms with Gasteiger partial charge in [-0.2, -0.15) is 0 Å². The number of anilines is 1. The molecule has 0 aromatic carbocycles. The molecule has 2 aromatic heterocycles. The van der Waals surface area contributed by atoms with Crippen LogP contribution in [-0.4, -0.2) is 70.2 Å². The number of nitrogens with zero attached hydrogens (tertiary/aromatic N) is 5. The quantitative estimate of drug-likeness (QED) is 0.679. The first kappa shape index (κ1) is 21.6. The topological polar surface area (TPSA) is 94.5 Å². The van der Waals surface area contributed by atoms with Crippen LogP contribution in [0.15, 0.2) is 35.7 Å². The van der Waals surface area contributed by atoms with Crippen LogP contribution < -0.4 is 10.2 Å². The molecule has 0 saturated carbocycles. The third-order valence-corrected chi connectivity index (χ3v) is 6.51. The lowest BCUT2D eigenvalue weighted by Crippen LogP contribution is -2.47. The Morgan fingerprint density at radius 1 is 1.19 bits per heavy atom. The minimum atomic E-state index is -0.120. The number of β-amino-alcohol motifs (C(OH)–C–C–N with tert-alkyl or cyclic N) is 1. The number of aliphatic hydroxyl groups excluding tert-OH is 1. The van der Waals surface area contributed by atoms with Crippen LogP contribution in [0.5, 0.6) is 0 Å². The predicted octanol–water partition coefficient (Wildman–Crippen LogP) is 1.91. The van der Waals surface area contributed by atoms with Crippen LogP contribution in [0.4, 0.5) is 5.82 Å². The number of rotatable bonds is 7. The molecule has 1 aliphatic carbocycles. The summed E-state index contributed by atoms with van der Waals surface area (Å²) < 4.78 is 0. The molecule has 31 heavy (non-hydrogen) atoms. The van der Waals surface area contributed by atoms with E-state index in [9.17, 15) is 4.79 Å². The maximum absolute atomic E-state index is 12.5. The molecule has 1 fully saturated rings. The summed E-state index contributed by atoms with van der Waals surface area (Å²) in [4.78, 5) is 31.3. The molecule has 4 rings (SSSR count). The van der Waals surface area contributed by atoms with E-state index in [1.807, 2.05) is 26.0 Å². The fourth-order valence-electron chi connectivity index (χ4n) is 3.82. The van der Waals surface area contributed by atoms with Gasteiger partial charge in [0, 0.05) is 50.9 Å². The zero-order chi connectivity index (χ0) is 21.8. The molecule has 1 aliphatic heterocycles. The lowest BCUT2D eigenvalue weighted by molar-refractivity contribution is 0.0970. The molecule has 9 heteroatoms. The minimum Gasteiger partial charge on any atom is -0.395 e. The average molecular weight is 441 g/mol. The number of hydrogen-bond acceptors (Lipinski definition) is 8. The van der Waals surface area contributed by atoms with Crippen molar-refractivity contribution in [3.05, 3.63) is 57.1 Å². The second kappa shape index (κ2) is 9.67. The summed E-state index contributed by atoms with van der Waals surface area (Å²) in [6.07, 6.45) is 7.18. The normalized spacial score (nSPS) is 16.9. The number of piperazine rings is 1. The first-order valence-corrected chi connectivity index (χ1v) is 11.4. The minimum absolute atomic E-state index is 0.120. The molecule has 0 bridgehead atoms. The van der Waals surface area contributed by atoms with Gasteiger partial charge >= 0.3 is 0 Å². The van der Waals surface area contributed by atoms with E-state index >= 15 is 0 Å². The Balaban J connectivity index is 1.41. The Hall–Kier alpha value is -2.62. The number of nitrogens with one attached hydrogen (secondary N) is 1. The summed E-state index contributed by atoms with van der Waals surface area (Å²) in [6, 6.07) is 2.02. The fourth-order valence-corrected chi connectivity index (χ4v) is 4.65. The third-order valence-electron chi connectivity index (χ3n) is 5.52. The summed E-state index contributed by atoms with van der Waals surface area (Å²) in [5, 5.41) is 12.9. The second-order valence-corrected chi connectivity index (χ2v) is 8.92. The number of hydrogen-bond donors (Lipinski definition) is 2. The molecular weight excluding hydrogens is 412 g/mol. The Morgan fingerprint density at radius 3 is 2.71 bits per heavy atom. The van der Waals surface area contributed by atoms with Crippen molar-refractivity contribution in [3.8, 4) is 0 Å². The number of aliphatic hydroxyl groups is 1. The Morgan fingerprint density at radius 2 is 2.00 bits per heavy atom. The van der Waals surface area contributed by atoms with E-state index in [-0.39, 0.29) is 12.5 Å². The highest BCUT2D eigenvalue weighted by Gasteiger charge is 2.19. The molecule has 1 saturated heterocycles.